The zero-order valence-corrected chi connectivity index (χ0v) is 16.7. The molecule has 0 bridgehead atoms. The van der Waals surface area contributed by atoms with Gasteiger partial charge >= 0.3 is 0 Å². The van der Waals surface area contributed by atoms with E-state index in [4.69, 9.17) is 4.74 Å². The molecule has 0 aromatic heterocycles. The van der Waals surface area contributed by atoms with Crippen molar-refractivity contribution >= 4 is 54.5 Å². The van der Waals surface area contributed by atoms with E-state index >= 15 is 0 Å². The van der Waals surface area contributed by atoms with Crippen LogP contribution < -0.4 is 4.74 Å². The highest BCUT2D eigenvalue weighted by Gasteiger charge is 2.15. The highest BCUT2D eigenvalue weighted by Crippen LogP contribution is 2.37. The topological polar surface area (TPSA) is 9.23 Å². The Balaban J connectivity index is 2.27. The second-order valence-electron chi connectivity index (χ2n) is 4.57. The van der Waals surface area contributed by atoms with Crippen LogP contribution in [0.25, 0.3) is 0 Å². The van der Waals surface area contributed by atoms with Gasteiger partial charge in [0.05, 0.1) is 15.9 Å². The molecule has 5 heteroatoms. The summed E-state index contributed by atoms with van der Waals surface area (Å²) >= 11 is 9.39. The van der Waals surface area contributed by atoms with E-state index in [1.54, 1.807) is 0 Å². The molecule has 0 saturated carbocycles. The second kappa shape index (κ2) is 7.92. The fourth-order valence-corrected chi connectivity index (χ4v) is 4.30. The Kier molecular flexibility index (Phi) is 6.50. The second-order valence-corrected chi connectivity index (χ2v) is 7.50. The van der Waals surface area contributed by atoms with E-state index in [-0.39, 0.29) is 10.6 Å². The molecule has 1 atom stereocenters. The Morgan fingerprint density at radius 3 is 2.62 bits per heavy atom. The molecule has 0 amide bonds. The van der Waals surface area contributed by atoms with Gasteiger partial charge < -0.3 is 4.74 Å². The van der Waals surface area contributed by atoms with E-state index in [1.807, 2.05) is 24.3 Å². The molecule has 0 saturated heterocycles. The van der Waals surface area contributed by atoms with Crippen molar-refractivity contribution in [3.05, 3.63) is 61.4 Å². The molecule has 0 aliphatic heterocycles. The molecule has 1 nitrogen and oxygen atoms in total. The predicted molar refractivity (Wildman–Crippen MR) is 99.8 cm³/mol. The van der Waals surface area contributed by atoms with Gasteiger partial charge in [0.1, 0.15) is 11.6 Å². The van der Waals surface area contributed by atoms with Gasteiger partial charge in [-0.3, -0.25) is 0 Å². The minimum absolute atomic E-state index is 0.0153. The average molecular weight is 528 g/mol. The van der Waals surface area contributed by atoms with Gasteiger partial charge in [-0.2, -0.15) is 0 Å². The highest BCUT2D eigenvalue weighted by atomic mass is 127. The lowest BCUT2D eigenvalue weighted by molar-refractivity contribution is 0.315. The Labute approximate surface area is 154 Å². The maximum absolute atomic E-state index is 13.2. The first kappa shape index (κ1) is 17.2. The number of benzene rings is 2. The number of hydrogen-bond acceptors (Lipinski definition) is 1. The molecule has 2 aromatic carbocycles. The van der Waals surface area contributed by atoms with Gasteiger partial charge in [-0.1, -0.05) is 35.0 Å². The van der Waals surface area contributed by atoms with Gasteiger partial charge in [0.15, 0.2) is 0 Å². The van der Waals surface area contributed by atoms with E-state index in [1.165, 1.54) is 12.1 Å². The van der Waals surface area contributed by atoms with Crippen LogP contribution in [-0.4, -0.2) is 6.61 Å². The fourth-order valence-electron chi connectivity index (χ4n) is 1.89. The van der Waals surface area contributed by atoms with Gasteiger partial charge in [-0.15, -0.1) is 0 Å². The molecular formula is C16H14Br2FIO. The van der Waals surface area contributed by atoms with Crippen LogP contribution in [0.2, 0.25) is 0 Å². The summed E-state index contributed by atoms with van der Waals surface area (Å²) < 4.78 is 20.7. The summed E-state index contributed by atoms with van der Waals surface area (Å²) in [6.07, 6.45) is 0.975. The first-order valence-electron chi connectivity index (χ1n) is 6.54. The molecule has 0 fully saturated rings. The molecule has 2 aromatic rings. The molecule has 0 aliphatic rings. The van der Waals surface area contributed by atoms with Crippen molar-refractivity contribution in [2.24, 2.45) is 0 Å². The summed E-state index contributed by atoms with van der Waals surface area (Å²) in [6, 6.07) is 10.8. The number of ether oxygens (including phenoxy) is 1. The number of hydrogen-bond donors (Lipinski definition) is 0. The number of alkyl halides is 1. The van der Waals surface area contributed by atoms with Crippen LogP contribution in [0.15, 0.2) is 40.9 Å². The third kappa shape index (κ3) is 4.42. The lowest BCUT2D eigenvalue weighted by Gasteiger charge is -2.15. The van der Waals surface area contributed by atoms with Crippen LogP contribution in [0.5, 0.6) is 5.75 Å². The molecule has 21 heavy (non-hydrogen) atoms. The third-order valence-corrected chi connectivity index (χ3v) is 5.52. The Morgan fingerprint density at radius 1 is 1.24 bits per heavy atom. The van der Waals surface area contributed by atoms with Crippen LogP contribution in [0.1, 0.15) is 29.3 Å². The summed E-state index contributed by atoms with van der Waals surface area (Å²) in [7, 11) is 0. The summed E-state index contributed by atoms with van der Waals surface area (Å²) in [4.78, 5) is 0.0153. The Morgan fingerprint density at radius 2 is 2.00 bits per heavy atom. The van der Waals surface area contributed by atoms with E-state index in [2.05, 4.69) is 61.4 Å². The molecule has 0 spiro atoms. The minimum atomic E-state index is -0.215. The summed E-state index contributed by atoms with van der Waals surface area (Å²) in [6.45, 7) is 2.78. The SMILES string of the molecule is CCCOc1ccc(C(Br)c2ccc(F)cc2I)cc1Br. The zero-order chi connectivity index (χ0) is 15.4. The van der Waals surface area contributed by atoms with Crippen molar-refractivity contribution in [3.63, 3.8) is 0 Å². The number of halogens is 4. The normalized spacial score (nSPS) is 12.2. The summed E-state index contributed by atoms with van der Waals surface area (Å²) in [5.74, 6) is 0.626. The number of rotatable bonds is 5. The maximum Gasteiger partial charge on any atom is 0.133 e. The van der Waals surface area contributed by atoms with E-state index in [9.17, 15) is 4.39 Å². The lowest BCUT2D eigenvalue weighted by atomic mass is 10.0. The first-order valence-corrected chi connectivity index (χ1v) is 9.33. The van der Waals surface area contributed by atoms with Crippen LogP contribution >= 0.6 is 54.5 Å². The fraction of sp³-hybridized carbons (Fsp3) is 0.250. The maximum atomic E-state index is 13.2. The molecule has 2 rings (SSSR count). The Bertz CT molecular complexity index is 634. The largest absolute Gasteiger partial charge is 0.492 e. The van der Waals surface area contributed by atoms with Crippen molar-refractivity contribution in [3.8, 4) is 5.75 Å². The van der Waals surface area contributed by atoms with Gasteiger partial charge in [-0.05, 0) is 80.3 Å². The summed E-state index contributed by atoms with van der Waals surface area (Å²) in [5.41, 5.74) is 2.14. The van der Waals surface area contributed by atoms with E-state index in [0.29, 0.717) is 6.61 Å². The molecule has 0 radical (unpaired) electrons. The monoisotopic (exact) mass is 526 g/mol. The smallest absolute Gasteiger partial charge is 0.133 e. The standard InChI is InChI=1S/C16H14Br2FIO/c1-2-7-21-15-6-3-10(8-13(15)17)16(18)12-5-4-11(19)9-14(12)20/h3-6,8-9,16H,2,7H2,1H3. The van der Waals surface area contributed by atoms with Crippen molar-refractivity contribution < 1.29 is 9.13 Å². The first-order chi connectivity index (χ1) is 10.0. The van der Waals surface area contributed by atoms with Crippen LogP contribution in [0, 0.1) is 9.39 Å². The minimum Gasteiger partial charge on any atom is -0.492 e. The van der Waals surface area contributed by atoms with Gasteiger partial charge in [0, 0.05) is 3.57 Å². The van der Waals surface area contributed by atoms with Crippen molar-refractivity contribution in [1.29, 1.82) is 0 Å². The predicted octanol–water partition coefficient (Wildman–Crippen LogP) is 6.47. The van der Waals surface area contributed by atoms with Crippen LogP contribution in [-0.2, 0) is 0 Å². The van der Waals surface area contributed by atoms with Crippen LogP contribution in [0.3, 0.4) is 0 Å². The lowest BCUT2D eigenvalue weighted by Crippen LogP contribution is -1.99. The van der Waals surface area contributed by atoms with Crippen molar-refractivity contribution in [1.82, 2.24) is 0 Å². The van der Waals surface area contributed by atoms with Gasteiger partial charge in [-0.25, -0.2) is 4.39 Å². The molecule has 0 N–H and O–H groups in total. The molecule has 1 unspecified atom stereocenters. The van der Waals surface area contributed by atoms with Crippen molar-refractivity contribution in [2.45, 2.75) is 18.2 Å². The molecule has 112 valence electrons. The molecule has 0 heterocycles. The van der Waals surface area contributed by atoms with Crippen LogP contribution in [0.4, 0.5) is 4.39 Å². The average Bonchev–Trinajstić information content (AvgIpc) is 2.45. The quantitative estimate of drug-likeness (QED) is 0.320. The van der Waals surface area contributed by atoms with Crippen molar-refractivity contribution in [2.75, 3.05) is 6.61 Å². The third-order valence-electron chi connectivity index (χ3n) is 2.95. The highest BCUT2D eigenvalue weighted by molar-refractivity contribution is 14.1. The van der Waals surface area contributed by atoms with E-state index < -0.39 is 0 Å². The van der Waals surface area contributed by atoms with E-state index in [0.717, 1.165) is 31.3 Å². The zero-order valence-electron chi connectivity index (χ0n) is 11.4. The molecule has 0 aliphatic carbocycles. The van der Waals surface area contributed by atoms with Gasteiger partial charge in [0.2, 0.25) is 0 Å². The Hall–Kier alpha value is -0.140. The molecular weight excluding hydrogens is 514 g/mol. The summed E-state index contributed by atoms with van der Waals surface area (Å²) in [5, 5.41) is 0. The van der Waals surface area contributed by atoms with Gasteiger partial charge in [0.25, 0.3) is 0 Å².